The summed E-state index contributed by atoms with van der Waals surface area (Å²) in [5, 5.41) is 42.2. The van der Waals surface area contributed by atoms with E-state index in [1.807, 2.05) is 0 Å². The lowest BCUT2D eigenvalue weighted by molar-refractivity contribution is -0.172. The zero-order valence-corrected chi connectivity index (χ0v) is 28.4. The quantitative estimate of drug-likeness (QED) is 0.0587. The minimum absolute atomic E-state index is 0.132. The molecule has 0 bridgehead atoms. The van der Waals surface area contributed by atoms with Crippen LogP contribution in [0.3, 0.4) is 0 Å². The first-order chi connectivity index (χ1) is 23.0. The summed E-state index contributed by atoms with van der Waals surface area (Å²) in [6.45, 7) is 2.15. The molecule has 0 aliphatic heterocycles. The molecule has 1 aliphatic carbocycles. The van der Waals surface area contributed by atoms with E-state index in [9.17, 15) is 44.4 Å². The van der Waals surface area contributed by atoms with Crippen molar-refractivity contribution < 1.29 is 49.1 Å². The molecule has 0 saturated heterocycles. The van der Waals surface area contributed by atoms with E-state index < -0.39 is 47.8 Å². The van der Waals surface area contributed by atoms with Gasteiger partial charge in [-0.2, -0.15) is 0 Å². The summed E-state index contributed by atoms with van der Waals surface area (Å²) in [6.07, 6.45) is 16.9. The maximum absolute atomic E-state index is 13.4. The van der Waals surface area contributed by atoms with Crippen molar-refractivity contribution in [2.45, 2.75) is 147 Å². The topological polar surface area (TPSA) is 188 Å². The van der Waals surface area contributed by atoms with Crippen LogP contribution in [-0.4, -0.2) is 67.8 Å². The number of rotatable bonds is 25. The second-order valence-corrected chi connectivity index (χ2v) is 13.0. The van der Waals surface area contributed by atoms with E-state index in [4.69, 9.17) is 4.74 Å². The zero-order valence-electron chi connectivity index (χ0n) is 28.4. The van der Waals surface area contributed by atoms with Gasteiger partial charge in [-0.1, -0.05) is 76.2 Å². The number of hydrogen-bond acceptors (Lipinski definition) is 7. The first kappa shape index (κ1) is 40.4. The Balaban J connectivity index is 1.97. The van der Waals surface area contributed by atoms with E-state index in [-0.39, 0.29) is 18.3 Å². The number of nitrogens with one attached hydrogen (secondary N) is 1. The molecule has 1 fully saturated rings. The third kappa shape index (κ3) is 15.0. The predicted octanol–water partition coefficient (Wildman–Crippen LogP) is 6.24. The van der Waals surface area contributed by atoms with E-state index in [1.54, 1.807) is 24.3 Å². The zero-order chi connectivity index (χ0) is 35.4. The smallest absolute Gasteiger partial charge is 0.337 e. The highest BCUT2D eigenvalue weighted by Gasteiger charge is 2.49. The second kappa shape index (κ2) is 22.0. The van der Waals surface area contributed by atoms with Crippen molar-refractivity contribution >= 4 is 29.6 Å². The monoisotopic (exact) mass is 673 g/mol. The number of carboxylic acid groups (broad SMARTS) is 3. The summed E-state index contributed by atoms with van der Waals surface area (Å²) in [5.41, 5.74) is -2.43. The first-order valence-electron chi connectivity index (χ1n) is 17.6. The van der Waals surface area contributed by atoms with Crippen LogP contribution in [0.25, 0.3) is 0 Å². The van der Waals surface area contributed by atoms with Gasteiger partial charge in [-0.15, -0.1) is 0 Å². The number of carbonyl (C=O) groups is 5. The van der Waals surface area contributed by atoms with Crippen LogP contribution in [0.1, 0.15) is 128 Å². The molecule has 1 aliphatic rings. The number of carboxylic acids is 3. The Labute approximate surface area is 284 Å². The normalized spacial score (nSPS) is 16.1. The van der Waals surface area contributed by atoms with Crippen molar-refractivity contribution in [3.05, 3.63) is 42.0 Å². The van der Waals surface area contributed by atoms with Crippen LogP contribution >= 0.6 is 0 Å². The molecule has 0 aromatic heterocycles. The SMILES string of the molecule is CCCCCCCC(=O)CCCCCC/C=C/[C@@H](C(=O)N[C@@H](Cc1ccc(OC2CCCCC2)cc1)C(=O)O)[C@@](O)(CC(=O)O)C(=O)O. The van der Waals surface area contributed by atoms with E-state index in [2.05, 4.69) is 12.2 Å². The molecule has 1 aromatic carbocycles. The largest absolute Gasteiger partial charge is 0.490 e. The Bertz CT molecular complexity index is 1190. The van der Waals surface area contributed by atoms with Crippen LogP contribution in [-0.2, 0) is 30.4 Å². The van der Waals surface area contributed by atoms with Crippen molar-refractivity contribution in [1.82, 2.24) is 5.32 Å². The summed E-state index contributed by atoms with van der Waals surface area (Å²) in [6, 6.07) is 5.39. The van der Waals surface area contributed by atoms with Gasteiger partial charge in [0.15, 0.2) is 5.60 Å². The Kier molecular flexibility index (Phi) is 18.5. The number of benzene rings is 1. The van der Waals surface area contributed by atoms with Gasteiger partial charge >= 0.3 is 17.9 Å². The van der Waals surface area contributed by atoms with E-state index >= 15 is 0 Å². The van der Waals surface area contributed by atoms with Gasteiger partial charge < -0.3 is 30.5 Å². The number of aliphatic hydroxyl groups is 1. The van der Waals surface area contributed by atoms with Crippen LogP contribution in [0.2, 0.25) is 0 Å². The molecule has 1 amide bonds. The van der Waals surface area contributed by atoms with E-state index in [0.717, 1.165) is 76.7 Å². The average Bonchev–Trinajstić information content (AvgIpc) is 3.04. The van der Waals surface area contributed by atoms with Crippen LogP contribution in [0.5, 0.6) is 5.75 Å². The van der Waals surface area contributed by atoms with Crippen LogP contribution in [0.4, 0.5) is 0 Å². The standard InChI is InChI=1S/C37H55NO10/c1-2-3-4-7-11-16-28(39)17-12-8-5-6-9-15-20-31(37(47,36(45)46)26-33(40)41)34(42)38-32(35(43)44)25-27-21-23-30(24-22-27)48-29-18-13-10-14-19-29/h15,20-24,29,31-32,47H,2-14,16-19,25-26H2,1H3,(H,38,42)(H,40,41)(H,43,44)(H,45,46)/b20-15+/t31-,32-,37-/m0/s1. The Morgan fingerprint density at radius 2 is 1.48 bits per heavy atom. The van der Waals surface area contributed by atoms with Crippen molar-refractivity contribution in [3.63, 3.8) is 0 Å². The summed E-state index contributed by atoms with van der Waals surface area (Å²) in [5.74, 6) is -6.97. The fourth-order valence-electron chi connectivity index (χ4n) is 6.01. The van der Waals surface area contributed by atoms with E-state index in [1.165, 1.54) is 18.9 Å². The van der Waals surface area contributed by atoms with Crippen molar-refractivity contribution in [1.29, 1.82) is 0 Å². The molecule has 268 valence electrons. The highest BCUT2D eigenvalue weighted by atomic mass is 16.5. The van der Waals surface area contributed by atoms with Crippen molar-refractivity contribution in [3.8, 4) is 5.75 Å². The summed E-state index contributed by atoms with van der Waals surface area (Å²) in [7, 11) is 0. The summed E-state index contributed by atoms with van der Waals surface area (Å²) < 4.78 is 6.02. The van der Waals surface area contributed by atoms with E-state index in [0.29, 0.717) is 37.0 Å². The van der Waals surface area contributed by atoms with Gasteiger partial charge in [0.05, 0.1) is 18.4 Å². The van der Waals surface area contributed by atoms with Gasteiger partial charge in [-0.25, -0.2) is 9.59 Å². The number of ether oxygens (including phenoxy) is 1. The molecule has 0 unspecified atom stereocenters. The van der Waals surface area contributed by atoms with Crippen molar-refractivity contribution in [2.75, 3.05) is 0 Å². The number of hydrogen-bond donors (Lipinski definition) is 5. The molecule has 1 saturated carbocycles. The van der Waals surface area contributed by atoms with Crippen LogP contribution < -0.4 is 10.1 Å². The molecule has 0 heterocycles. The van der Waals surface area contributed by atoms with Gasteiger partial charge in [0.25, 0.3) is 0 Å². The minimum Gasteiger partial charge on any atom is -0.490 e. The number of aliphatic carboxylic acids is 3. The second-order valence-electron chi connectivity index (χ2n) is 13.0. The number of Topliss-reactive ketones (excluding diaryl/α,β-unsaturated/α-hetero) is 1. The van der Waals surface area contributed by atoms with Gasteiger partial charge in [0.1, 0.15) is 17.6 Å². The fourth-order valence-corrected chi connectivity index (χ4v) is 6.01. The fraction of sp³-hybridized carbons (Fsp3) is 0.649. The van der Waals surface area contributed by atoms with Gasteiger partial charge in [-0.3, -0.25) is 14.4 Å². The number of ketones is 1. The van der Waals surface area contributed by atoms with Crippen LogP contribution in [0, 0.1) is 5.92 Å². The lowest BCUT2D eigenvalue weighted by atomic mass is 9.82. The maximum Gasteiger partial charge on any atom is 0.337 e. The van der Waals surface area contributed by atoms with Gasteiger partial charge in [0, 0.05) is 19.3 Å². The molecular formula is C37H55NO10. The number of amides is 1. The molecular weight excluding hydrogens is 618 g/mol. The predicted molar refractivity (Wildman–Crippen MR) is 181 cm³/mol. The molecule has 48 heavy (non-hydrogen) atoms. The molecule has 0 spiro atoms. The number of carbonyl (C=O) groups excluding carboxylic acids is 2. The molecule has 11 heteroatoms. The molecule has 3 atom stereocenters. The molecule has 0 radical (unpaired) electrons. The van der Waals surface area contributed by atoms with Gasteiger partial charge in [0.2, 0.25) is 5.91 Å². The highest BCUT2D eigenvalue weighted by molar-refractivity contribution is 5.94. The Morgan fingerprint density at radius 1 is 0.875 bits per heavy atom. The molecule has 1 aromatic rings. The van der Waals surface area contributed by atoms with Crippen molar-refractivity contribution in [2.24, 2.45) is 5.92 Å². The Hall–Kier alpha value is -3.73. The third-order valence-electron chi connectivity index (χ3n) is 8.88. The molecule has 2 rings (SSSR count). The van der Waals surface area contributed by atoms with Crippen LogP contribution in [0.15, 0.2) is 36.4 Å². The highest BCUT2D eigenvalue weighted by Crippen LogP contribution is 2.27. The lowest BCUT2D eigenvalue weighted by Crippen LogP contribution is -2.55. The lowest BCUT2D eigenvalue weighted by Gasteiger charge is -2.29. The van der Waals surface area contributed by atoms with Gasteiger partial charge in [-0.05, 0) is 69.1 Å². The number of allylic oxidation sites excluding steroid dienone is 1. The minimum atomic E-state index is -3.01. The summed E-state index contributed by atoms with van der Waals surface area (Å²) >= 11 is 0. The average molecular weight is 674 g/mol. The third-order valence-corrected chi connectivity index (χ3v) is 8.88. The Morgan fingerprint density at radius 3 is 2.04 bits per heavy atom. The molecule has 11 nitrogen and oxygen atoms in total. The number of unbranched alkanes of at least 4 members (excludes halogenated alkanes) is 8. The molecule has 5 N–H and O–H groups in total. The maximum atomic E-state index is 13.4. The summed E-state index contributed by atoms with van der Waals surface area (Å²) in [4.78, 5) is 61.1. The first-order valence-corrected chi connectivity index (χ1v) is 17.6.